The lowest BCUT2D eigenvalue weighted by Crippen LogP contribution is -2.47. The van der Waals surface area contributed by atoms with Gasteiger partial charge in [-0.05, 0) is 37.1 Å². The van der Waals surface area contributed by atoms with Crippen LogP contribution in [0.5, 0.6) is 0 Å². The summed E-state index contributed by atoms with van der Waals surface area (Å²) in [6.07, 6.45) is 6.69. The highest BCUT2D eigenvalue weighted by atomic mass is 16.1. The summed E-state index contributed by atoms with van der Waals surface area (Å²) in [5.41, 5.74) is 3.26. The molecular formula is C21H23N7O. The van der Waals surface area contributed by atoms with Crippen LogP contribution >= 0.6 is 0 Å². The summed E-state index contributed by atoms with van der Waals surface area (Å²) >= 11 is 0. The number of amides is 1. The van der Waals surface area contributed by atoms with Crippen LogP contribution < -0.4 is 15.1 Å². The Hall–Kier alpha value is -3.55. The van der Waals surface area contributed by atoms with Crippen molar-refractivity contribution < 1.29 is 4.79 Å². The number of carbonyl (C=O) groups is 1. The standard InChI is InChI=1S/C21H23N7O/c1-15-5-3-6-17(16(15)2)26-20(29)18-13-25-19(14-24-18)27-9-11-28(12-10-27)21-22-7-4-8-23-21/h3-8,13-14H,9-12H2,1-2H3,(H,26,29). The molecule has 0 atom stereocenters. The van der Waals surface area contributed by atoms with E-state index in [9.17, 15) is 4.79 Å². The Balaban J connectivity index is 1.38. The summed E-state index contributed by atoms with van der Waals surface area (Å²) < 4.78 is 0. The predicted molar refractivity (Wildman–Crippen MR) is 112 cm³/mol. The van der Waals surface area contributed by atoms with E-state index in [1.807, 2.05) is 38.1 Å². The third kappa shape index (κ3) is 4.16. The number of anilines is 3. The van der Waals surface area contributed by atoms with E-state index in [0.29, 0.717) is 5.69 Å². The average molecular weight is 389 g/mol. The molecule has 0 unspecified atom stereocenters. The van der Waals surface area contributed by atoms with Gasteiger partial charge in [-0.25, -0.2) is 19.9 Å². The number of carbonyl (C=O) groups excluding carboxylic acids is 1. The molecule has 1 amide bonds. The van der Waals surface area contributed by atoms with E-state index < -0.39 is 0 Å². The molecule has 1 aromatic carbocycles. The highest BCUT2D eigenvalue weighted by molar-refractivity contribution is 6.03. The molecule has 3 heterocycles. The Morgan fingerprint density at radius 2 is 1.62 bits per heavy atom. The number of piperazine rings is 1. The normalized spacial score (nSPS) is 14.0. The highest BCUT2D eigenvalue weighted by Gasteiger charge is 2.20. The molecule has 0 spiro atoms. The Morgan fingerprint density at radius 1 is 0.897 bits per heavy atom. The molecular weight excluding hydrogens is 366 g/mol. The van der Waals surface area contributed by atoms with E-state index in [4.69, 9.17) is 0 Å². The summed E-state index contributed by atoms with van der Waals surface area (Å²) in [7, 11) is 0. The second kappa shape index (κ2) is 8.22. The van der Waals surface area contributed by atoms with Gasteiger partial charge in [0.05, 0.1) is 12.4 Å². The molecule has 1 fully saturated rings. The lowest BCUT2D eigenvalue weighted by atomic mass is 10.1. The van der Waals surface area contributed by atoms with E-state index >= 15 is 0 Å². The van der Waals surface area contributed by atoms with Crippen molar-refractivity contribution >= 4 is 23.4 Å². The van der Waals surface area contributed by atoms with Crippen LogP contribution in [-0.4, -0.2) is 52.0 Å². The van der Waals surface area contributed by atoms with Gasteiger partial charge in [-0.1, -0.05) is 12.1 Å². The van der Waals surface area contributed by atoms with Crippen molar-refractivity contribution in [2.45, 2.75) is 13.8 Å². The maximum atomic E-state index is 12.5. The molecule has 8 nitrogen and oxygen atoms in total. The summed E-state index contributed by atoms with van der Waals surface area (Å²) in [5.74, 6) is 1.25. The first-order chi connectivity index (χ1) is 14.1. The van der Waals surface area contributed by atoms with Crippen molar-refractivity contribution in [3.8, 4) is 0 Å². The number of rotatable bonds is 4. The summed E-state index contributed by atoms with van der Waals surface area (Å²) in [6, 6.07) is 7.64. The molecule has 0 radical (unpaired) electrons. The molecule has 0 bridgehead atoms. The second-order valence-corrected chi connectivity index (χ2v) is 6.98. The molecule has 29 heavy (non-hydrogen) atoms. The zero-order valence-electron chi connectivity index (χ0n) is 16.5. The lowest BCUT2D eigenvalue weighted by Gasteiger charge is -2.35. The van der Waals surface area contributed by atoms with E-state index in [0.717, 1.165) is 54.8 Å². The topological polar surface area (TPSA) is 87.1 Å². The minimum Gasteiger partial charge on any atom is -0.352 e. The highest BCUT2D eigenvalue weighted by Crippen LogP contribution is 2.19. The van der Waals surface area contributed by atoms with Crippen LogP contribution in [0.1, 0.15) is 21.6 Å². The Morgan fingerprint density at radius 3 is 2.31 bits per heavy atom. The molecule has 148 valence electrons. The van der Waals surface area contributed by atoms with Crippen molar-refractivity contribution in [1.82, 2.24) is 19.9 Å². The fraction of sp³-hybridized carbons (Fsp3) is 0.286. The van der Waals surface area contributed by atoms with Gasteiger partial charge < -0.3 is 15.1 Å². The van der Waals surface area contributed by atoms with Crippen LogP contribution in [0.2, 0.25) is 0 Å². The predicted octanol–water partition coefficient (Wildman–Crippen LogP) is 2.46. The van der Waals surface area contributed by atoms with Gasteiger partial charge in [0.15, 0.2) is 0 Å². The van der Waals surface area contributed by atoms with Crippen molar-refractivity contribution in [3.05, 3.63) is 65.9 Å². The number of hydrogen-bond acceptors (Lipinski definition) is 7. The van der Waals surface area contributed by atoms with Crippen molar-refractivity contribution in [3.63, 3.8) is 0 Å². The molecule has 4 rings (SSSR count). The number of aryl methyl sites for hydroxylation is 1. The summed E-state index contributed by atoms with van der Waals surface area (Å²) in [5, 5.41) is 2.91. The fourth-order valence-electron chi connectivity index (χ4n) is 3.26. The van der Waals surface area contributed by atoms with Crippen LogP contribution in [-0.2, 0) is 0 Å². The zero-order valence-corrected chi connectivity index (χ0v) is 16.5. The quantitative estimate of drug-likeness (QED) is 0.733. The van der Waals surface area contributed by atoms with Crippen LogP contribution in [0.25, 0.3) is 0 Å². The first kappa shape index (κ1) is 18.8. The van der Waals surface area contributed by atoms with Gasteiger partial charge in [0.2, 0.25) is 5.95 Å². The van der Waals surface area contributed by atoms with E-state index in [1.165, 1.54) is 6.20 Å². The number of benzene rings is 1. The third-order valence-electron chi connectivity index (χ3n) is 5.16. The van der Waals surface area contributed by atoms with Crippen molar-refractivity contribution in [2.24, 2.45) is 0 Å². The molecule has 3 aromatic rings. The van der Waals surface area contributed by atoms with E-state index in [-0.39, 0.29) is 5.91 Å². The second-order valence-electron chi connectivity index (χ2n) is 6.98. The first-order valence-electron chi connectivity index (χ1n) is 9.58. The van der Waals surface area contributed by atoms with Crippen LogP contribution in [0.3, 0.4) is 0 Å². The van der Waals surface area contributed by atoms with Crippen molar-refractivity contribution in [1.29, 1.82) is 0 Å². The Labute approximate surface area is 169 Å². The summed E-state index contributed by atoms with van der Waals surface area (Å²) in [6.45, 7) is 7.20. The average Bonchev–Trinajstić information content (AvgIpc) is 2.78. The smallest absolute Gasteiger partial charge is 0.275 e. The SMILES string of the molecule is Cc1cccc(NC(=O)c2cnc(N3CCN(c4ncccn4)CC3)cn2)c1C. The van der Waals surface area contributed by atoms with Gasteiger partial charge >= 0.3 is 0 Å². The molecule has 0 aliphatic carbocycles. The Kier molecular flexibility index (Phi) is 5.33. The minimum absolute atomic E-state index is 0.260. The molecule has 1 N–H and O–H groups in total. The van der Waals surface area contributed by atoms with Gasteiger partial charge in [-0.15, -0.1) is 0 Å². The van der Waals surface area contributed by atoms with Crippen LogP contribution in [0.15, 0.2) is 49.1 Å². The van der Waals surface area contributed by atoms with Gasteiger partial charge in [0, 0.05) is 44.3 Å². The third-order valence-corrected chi connectivity index (χ3v) is 5.16. The van der Waals surface area contributed by atoms with Crippen LogP contribution in [0.4, 0.5) is 17.5 Å². The molecule has 2 aromatic heterocycles. The molecule has 1 saturated heterocycles. The molecule has 1 aliphatic heterocycles. The van der Waals surface area contributed by atoms with E-state index in [2.05, 4.69) is 35.1 Å². The Bertz CT molecular complexity index is 984. The number of aromatic nitrogens is 4. The zero-order chi connectivity index (χ0) is 20.2. The first-order valence-corrected chi connectivity index (χ1v) is 9.58. The number of hydrogen-bond donors (Lipinski definition) is 1. The number of nitrogens with zero attached hydrogens (tertiary/aromatic N) is 6. The monoisotopic (exact) mass is 389 g/mol. The van der Waals surface area contributed by atoms with E-state index in [1.54, 1.807) is 18.6 Å². The maximum Gasteiger partial charge on any atom is 0.275 e. The van der Waals surface area contributed by atoms with Crippen molar-refractivity contribution in [2.75, 3.05) is 41.3 Å². The molecule has 8 heteroatoms. The largest absolute Gasteiger partial charge is 0.352 e. The molecule has 1 aliphatic rings. The van der Waals surface area contributed by atoms with Gasteiger partial charge in [0.1, 0.15) is 11.5 Å². The van der Waals surface area contributed by atoms with Gasteiger partial charge in [0.25, 0.3) is 5.91 Å². The summed E-state index contributed by atoms with van der Waals surface area (Å²) in [4.78, 5) is 34.2. The number of nitrogens with one attached hydrogen (secondary N) is 1. The lowest BCUT2D eigenvalue weighted by molar-refractivity contribution is 0.102. The van der Waals surface area contributed by atoms with Gasteiger partial charge in [-0.3, -0.25) is 4.79 Å². The maximum absolute atomic E-state index is 12.5. The minimum atomic E-state index is -0.260. The van der Waals surface area contributed by atoms with Crippen LogP contribution in [0, 0.1) is 13.8 Å². The fourth-order valence-corrected chi connectivity index (χ4v) is 3.26. The van der Waals surface area contributed by atoms with Gasteiger partial charge in [-0.2, -0.15) is 0 Å². The molecule has 0 saturated carbocycles.